The maximum atomic E-state index is 10.3. The van der Waals surface area contributed by atoms with Crippen molar-refractivity contribution in [3.05, 3.63) is 47.3 Å². The van der Waals surface area contributed by atoms with Crippen molar-refractivity contribution in [1.82, 2.24) is 10.2 Å². The summed E-state index contributed by atoms with van der Waals surface area (Å²) in [7, 11) is 0. The average molecular weight is 496 g/mol. The van der Waals surface area contributed by atoms with Gasteiger partial charge in [-0.2, -0.15) is 0 Å². The molecule has 3 rings (SSSR count). The van der Waals surface area contributed by atoms with Gasteiger partial charge in [0.2, 0.25) is 0 Å². The van der Waals surface area contributed by atoms with Gasteiger partial charge in [0.05, 0.1) is 22.7 Å². The molecule has 0 amide bonds. The van der Waals surface area contributed by atoms with Gasteiger partial charge in [-0.15, -0.1) is 11.6 Å². The first-order valence-electron chi connectivity index (χ1n) is 13.1. The van der Waals surface area contributed by atoms with E-state index in [0.29, 0.717) is 17.8 Å². The number of nitrogens with zero attached hydrogens (tertiary/aromatic N) is 1. The molecule has 0 bridgehead atoms. The molecule has 7 atom stereocenters. The number of nitrogens with one attached hydrogen (secondary N) is 1. The van der Waals surface area contributed by atoms with E-state index in [2.05, 4.69) is 61.5 Å². The van der Waals surface area contributed by atoms with Crippen LogP contribution in [0.25, 0.3) is 0 Å². The molecule has 1 saturated carbocycles. The molecular formula is C28H44Cl2N2O. The zero-order valence-electron chi connectivity index (χ0n) is 20.7. The van der Waals surface area contributed by atoms with Crippen LogP contribution in [0.1, 0.15) is 72.1 Å². The van der Waals surface area contributed by atoms with Gasteiger partial charge in [0, 0.05) is 24.8 Å². The molecule has 0 aromatic carbocycles. The molecule has 3 nitrogen and oxygen atoms in total. The number of alkyl halides is 1. The van der Waals surface area contributed by atoms with Gasteiger partial charge in [-0.05, 0) is 68.8 Å². The van der Waals surface area contributed by atoms with Gasteiger partial charge in [-0.1, -0.05) is 69.0 Å². The van der Waals surface area contributed by atoms with Crippen LogP contribution in [-0.4, -0.2) is 40.6 Å². The van der Waals surface area contributed by atoms with Crippen molar-refractivity contribution in [3.8, 4) is 0 Å². The third kappa shape index (κ3) is 7.37. The van der Waals surface area contributed by atoms with Crippen molar-refractivity contribution in [2.45, 2.75) is 89.6 Å². The number of allylic oxidation sites excluding steroid dienone is 6. The lowest BCUT2D eigenvalue weighted by atomic mass is 9.80. The van der Waals surface area contributed by atoms with E-state index in [4.69, 9.17) is 23.2 Å². The fourth-order valence-corrected chi connectivity index (χ4v) is 6.59. The summed E-state index contributed by atoms with van der Waals surface area (Å²) in [6.45, 7) is 7.76. The predicted molar refractivity (Wildman–Crippen MR) is 142 cm³/mol. The largest absolute Gasteiger partial charge is 0.395 e. The number of rotatable bonds is 9. The quantitative estimate of drug-likeness (QED) is 0.206. The topological polar surface area (TPSA) is 35.5 Å². The molecule has 186 valence electrons. The first-order chi connectivity index (χ1) is 15.9. The van der Waals surface area contributed by atoms with Crippen molar-refractivity contribution >= 4 is 23.2 Å². The standard InChI is InChI=1S/C28H44Cl2N2O/c1-4-16-32(27-15-14-23(29)17-25(27)30)28(22-10-7-8-20(2)12-13-22)18-31-26(19-33)24-11-6-5-9-21(24)3/h4-5,9,15-17,20-24,26,28,31,33H,6-8,10-14,18-19H2,1-3H3/b16-4-/t20?,21?,22-,23?,24?,26?,28?/m1/s1. The fraction of sp³-hybridized carbons (Fsp3) is 0.714. The summed E-state index contributed by atoms with van der Waals surface area (Å²) >= 11 is 13.1. The summed E-state index contributed by atoms with van der Waals surface area (Å²) in [4.78, 5) is 2.40. The van der Waals surface area contributed by atoms with Gasteiger partial charge in [0.25, 0.3) is 0 Å². The molecule has 0 heterocycles. The third-order valence-corrected chi connectivity index (χ3v) is 8.61. The van der Waals surface area contributed by atoms with Gasteiger partial charge in [0.1, 0.15) is 0 Å². The summed E-state index contributed by atoms with van der Waals surface area (Å²) in [6, 6.07) is 0.401. The SMILES string of the molecule is C/C=C\N(C1=CCC(Cl)C=C1Cl)C(CNC(CO)C1CCC=CC1C)[C@@H]1CCCC(C)CC1. The van der Waals surface area contributed by atoms with E-state index in [1.54, 1.807) is 0 Å². The van der Waals surface area contributed by atoms with Crippen LogP contribution < -0.4 is 5.32 Å². The Hall–Kier alpha value is -0.740. The van der Waals surface area contributed by atoms with Crippen LogP contribution >= 0.6 is 23.2 Å². The molecule has 1 fully saturated rings. The number of aliphatic hydroxyl groups excluding tert-OH is 1. The highest BCUT2D eigenvalue weighted by molar-refractivity contribution is 6.33. The average Bonchev–Trinajstić information content (AvgIpc) is 3.01. The molecule has 0 saturated heterocycles. The molecular weight excluding hydrogens is 451 g/mol. The van der Waals surface area contributed by atoms with E-state index < -0.39 is 0 Å². The number of aliphatic hydroxyl groups is 1. The molecule has 33 heavy (non-hydrogen) atoms. The molecule has 0 aromatic rings. The first kappa shape index (κ1) is 26.9. The van der Waals surface area contributed by atoms with Gasteiger partial charge >= 0.3 is 0 Å². The smallest absolute Gasteiger partial charge is 0.0614 e. The molecule has 0 spiro atoms. The summed E-state index contributed by atoms with van der Waals surface area (Å²) < 4.78 is 0. The van der Waals surface area contributed by atoms with E-state index in [9.17, 15) is 5.11 Å². The van der Waals surface area contributed by atoms with E-state index >= 15 is 0 Å². The van der Waals surface area contributed by atoms with Gasteiger partial charge < -0.3 is 15.3 Å². The first-order valence-corrected chi connectivity index (χ1v) is 13.9. The number of hydrogen-bond donors (Lipinski definition) is 2. The van der Waals surface area contributed by atoms with Crippen LogP contribution in [-0.2, 0) is 0 Å². The summed E-state index contributed by atoms with van der Waals surface area (Å²) in [5.41, 5.74) is 1.07. The Morgan fingerprint density at radius 2 is 2.03 bits per heavy atom. The molecule has 6 unspecified atom stereocenters. The van der Waals surface area contributed by atoms with Crippen molar-refractivity contribution in [3.63, 3.8) is 0 Å². The van der Waals surface area contributed by atoms with Gasteiger partial charge in [-0.25, -0.2) is 0 Å². The van der Waals surface area contributed by atoms with E-state index in [1.807, 2.05) is 6.08 Å². The Morgan fingerprint density at radius 3 is 2.73 bits per heavy atom. The Labute approximate surface area is 212 Å². The summed E-state index contributed by atoms with van der Waals surface area (Å²) in [5, 5.41) is 14.8. The molecule has 3 aliphatic carbocycles. The highest BCUT2D eigenvalue weighted by Gasteiger charge is 2.33. The van der Waals surface area contributed by atoms with Crippen molar-refractivity contribution in [2.24, 2.45) is 23.7 Å². The number of hydrogen-bond acceptors (Lipinski definition) is 3. The zero-order valence-corrected chi connectivity index (χ0v) is 22.2. The Kier molecular flexibility index (Phi) is 10.9. The highest BCUT2D eigenvalue weighted by Crippen LogP contribution is 2.36. The second-order valence-corrected chi connectivity index (χ2v) is 11.4. The monoisotopic (exact) mass is 494 g/mol. The van der Waals surface area contributed by atoms with Crippen LogP contribution in [0.15, 0.2) is 47.3 Å². The second-order valence-electron chi connectivity index (χ2n) is 10.4. The number of halogens is 2. The minimum Gasteiger partial charge on any atom is -0.395 e. The Morgan fingerprint density at radius 1 is 1.21 bits per heavy atom. The zero-order chi connectivity index (χ0) is 23.8. The van der Waals surface area contributed by atoms with Gasteiger partial charge in [-0.3, -0.25) is 0 Å². The van der Waals surface area contributed by atoms with Crippen molar-refractivity contribution < 1.29 is 5.11 Å². The van der Waals surface area contributed by atoms with Crippen LogP contribution in [0.5, 0.6) is 0 Å². The molecule has 0 aliphatic heterocycles. The summed E-state index contributed by atoms with van der Waals surface area (Å²) in [6.07, 6.45) is 22.5. The molecule has 5 heteroatoms. The normalized spacial score (nSPS) is 32.7. The van der Waals surface area contributed by atoms with Crippen LogP contribution in [0, 0.1) is 23.7 Å². The predicted octanol–water partition coefficient (Wildman–Crippen LogP) is 6.98. The minimum absolute atomic E-state index is 0.0383. The van der Waals surface area contributed by atoms with Gasteiger partial charge in [0.15, 0.2) is 0 Å². The van der Waals surface area contributed by atoms with E-state index in [-0.39, 0.29) is 24.1 Å². The van der Waals surface area contributed by atoms with E-state index in [0.717, 1.165) is 42.5 Å². The summed E-state index contributed by atoms with van der Waals surface area (Å²) in [5.74, 6) is 2.35. The Bertz CT molecular complexity index is 731. The molecule has 0 radical (unpaired) electrons. The maximum Gasteiger partial charge on any atom is 0.0614 e. The lowest BCUT2D eigenvalue weighted by molar-refractivity contribution is 0.147. The lowest BCUT2D eigenvalue weighted by Crippen LogP contribution is -2.50. The fourth-order valence-electron chi connectivity index (χ4n) is 5.98. The highest BCUT2D eigenvalue weighted by atomic mass is 35.5. The molecule has 2 N–H and O–H groups in total. The van der Waals surface area contributed by atoms with E-state index in [1.165, 1.54) is 32.1 Å². The van der Waals surface area contributed by atoms with Crippen molar-refractivity contribution in [1.29, 1.82) is 0 Å². The van der Waals surface area contributed by atoms with Crippen molar-refractivity contribution in [2.75, 3.05) is 13.2 Å². The van der Waals surface area contributed by atoms with Crippen LogP contribution in [0.2, 0.25) is 0 Å². The van der Waals surface area contributed by atoms with Crippen LogP contribution in [0.3, 0.4) is 0 Å². The Balaban J connectivity index is 1.84. The minimum atomic E-state index is -0.0383. The molecule has 0 aromatic heterocycles. The maximum absolute atomic E-state index is 10.3. The third-order valence-electron chi connectivity index (χ3n) is 7.98. The van der Waals surface area contributed by atoms with Crippen LogP contribution in [0.4, 0.5) is 0 Å². The molecule has 3 aliphatic rings. The second kappa shape index (κ2) is 13.4. The lowest BCUT2D eigenvalue weighted by Gasteiger charge is -2.41.